The van der Waals surface area contributed by atoms with E-state index in [1.807, 2.05) is 24.3 Å². The van der Waals surface area contributed by atoms with Gasteiger partial charge in [0.1, 0.15) is 5.75 Å². The van der Waals surface area contributed by atoms with Crippen LogP contribution in [0, 0.1) is 0 Å². The van der Waals surface area contributed by atoms with E-state index in [1.54, 1.807) is 18.3 Å². The Morgan fingerprint density at radius 2 is 2.17 bits per heavy atom. The van der Waals surface area contributed by atoms with E-state index in [9.17, 15) is 8.78 Å². The van der Waals surface area contributed by atoms with Crippen LogP contribution < -0.4 is 4.74 Å². The fourth-order valence-electron chi connectivity index (χ4n) is 2.66. The van der Waals surface area contributed by atoms with Crippen LogP contribution in [0.25, 0.3) is 0 Å². The second-order valence-corrected chi connectivity index (χ2v) is 5.37. The van der Waals surface area contributed by atoms with Crippen molar-refractivity contribution in [3.05, 3.63) is 59.9 Å². The fourth-order valence-corrected chi connectivity index (χ4v) is 2.66. The first kappa shape index (κ1) is 15.8. The van der Waals surface area contributed by atoms with Gasteiger partial charge in [0.25, 0.3) is 0 Å². The minimum atomic E-state index is -2.82. The molecule has 2 aromatic rings. The maximum atomic E-state index is 12.3. The Kier molecular flexibility index (Phi) is 5.15. The van der Waals surface area contributed by atoms with Crippen LogP contribution in [0.3, 0.4) is 0 Å². The number of hydrogen-bond donors (Lipinski definition) is 0. The molecular weight excluding hydrogens is 302 g/mol. The van der Waals surface area contributed by atoms with Crippen LogP contribution in [0.2, 0.25) is 0 Å². The lowest BCUT2D eigenvalue weighted by Gasteiger charge is -2.33. The van der Waals surface area contributed by atoms with Gasteiger partial charge in [0, 0.05) is 25.8 Å². The molecule has 0 aliphatic carbocycles. The molecule has 1 saturated heterocycles. The molecule has 1 aliphatic heterocycles. The van der Waals surface area contributed by atoms with Gasteiger partial charge in [-0.25, -0.2) is 0 Å². The summed E-state index contributed by atoms with van der Waals surface area (Å²) in [6, 6.07) is 12.5. The van der Waals surface area contributed by atoms with Gasteiger partial charge < -0.3 is 9.47 Å². The zero-order valence-electron chi connectivity index (χ0n) is 12.6. The van der Waals surface area contributed by atoms with E-state index in [2.05, 4.69) is 14.6 Å². The van der Waals surface area contributed by atoms with Gasteiger partial charge in [-0.1, -0.05) is 18.2 Å². The maximum absolute atomic E-state index is 12.3. The molecule has 23 heavy (non-hydrogen) atoms. The molecule has 0 saturated carbocycles. The van der Waals surface area contributed by atoms with Crippen molar-refractivity contribution in [2.24, 2.45) is 0 Å². The molecule has 0 unspecified atom stereocenters. The van der Waals surface area contributed by atoms with E-state index in [4.69, 9.17) is 4.74 Å². The number of alkyl halides is 2. The highest BCUT2D eigenvalue weighted by Crippen LogP contribution is 2.26. The number of aromatic nitrogens is 1. The smallest absolute Gasteiger partial charge is 0.387 e. The molecule has 1 aromatic carbocycles. The third kappa shape index (κ3) is 4.46. The van der Waals surface area contributed by atoms with Gasteiger partial charge in [0.05, 0.1) is 18.4 Å². The minimum Gasteiger partial charge on any atom is -0.435 e. The lowest BCUT2D eigenvalue weighted by atomic mass is 10.1. The van der Waals surface area contributed by atoms with Crippen molar-refractivity contribution < 1.29 is 18.3 Å². The Labute approximate surface area is 133 Å². The van der Waals surface area contributed by atoms with Crippen LogP contribution >= 0.6 is 0 Å². The van der Waals surface area contributed by atoms with Gasteiger partial charge in [-0.2, -0.15) is 8.78 Å². The Balaban J connectivity index is 1.66. The molecule has 3 rings (SSSR count). The van der Waals surface area contributed by atoms with Crippen LogP contribution in [0.1, 0.15) is 17.4 Å². The highest BCUT2D eigenvalue weighted by Gasteiger charge is 2.22. The zero-order valence-corrected chi connectivity index (χ0v) is 12.6. The first-order chi connectivity index (χ1) is 11.2. The molecule has 1 aliphatic rings. The normalized spacial score (nSPS) is 19.0. The SMILES string of the molecule is FC(F)Oc1cccc([C@H]2CN(Cc3ccccn3)CCO2)c1. The largest absolute Gasteiger partial charge is 0.435 e. The van der Waals surface area contributed by atoms with Gasteiger partial charge in [-0.15, -0.1) is 0 Å². The second-order valence-electron chi connectivity index (χ2n) is 5.37. The number of rotatable bonds is 5. The van der Waals surface area contributed by atoms with Crippen LogP contribution in [0.4, 0.5) is 8.78 Å². The molecular formula is C17H18F2N2O2. The molecule has 2 heterocycles. The lowest BCUT2D eigenvalue weighted by Crippen LogP contribution is -2.38. The van der Waals surface area contributed by atoms with Crippen molar-refractivity contribution in [1.29, 1.82) is 0 Å². The molecule has 0 bridgehead atoms. The summed E-state index contributed by atoms with van der Waals surface area (Å²) in [5, 5.41) is 0. The van der Waals surface area contributed by atoms with E-state index in [0.29, 0.717) is 13.2 Å². The Morgan fingerprint density at radius 1 is 1.26 bits per heavy atom. The van der Waals surface area contributed by atoms with Crippen molar-refractivity contribution in [2.75, 3.05) is 19.7 Å². The van der Waals surface area contributed by atoms with Crippen LogP contribution in [0.5, 0.6) is 5.75 Å². The third-order valence-corrected chi connectivity index (χ3v) is 3.72. The molecule has 4 nitrogen and oxygen atoms in total. The van der Waals surface area contributed by atoms with Crippen molar-refractivity contribution in [1.82, 2.24) is 9.88 Å². The number of pyridine rings is 1. The number of hydrogen-bond acceptors (Lipinski definition) is 4. The molecule has 0 amide bonds. The second kappa shape index (κ2) is 7.48. The minimum absolute atomic E-state index is 0.156. The van der Waals surface area contributed by atoms with Crippen LogP contribution in [0.15, 0.2) is 48.7 Å². The number of benzene rings is 1. The molecule has 0 radical (unpaired) electrons. The van der Waals surface area contributed by atoms with Gasteiger partial charge in [-0.05, 0) is 29.8 Å². The Morgan fingerprint density at radius 3 is 2.96 bits per heavy atom. The monoisotopic (exact) mass is 320 g/mol. The highest BCUT2D eigenvalue weighted by molar-refractivity contribution is 5.30. The van der Waals surface area contributed by atoms with Crippen molar-refractivity contribution >= 4 is 0 Å². The van der Waals surface area contributed by atoms with E-state index in [1.165, 1.54) is 6.07 Å². The Bertz CT molecular complexity index is 625. The summed E-state index contributed by atoms with van der Waals surface area (Å²) >= 11 is 0. The highest BCUT2D eigenvalue weighted by atomic mass is 19.3. The van der Waals surface area contributed by atoms with Gasteiger partial charge in [0.15, 0.2) is 0 Å². The fraction of sp³-hybridized carbons (Fsp3) is 0.353. The quantitative estimate of drug-likeness (QED) is 0.847. The maximum Gasteiger partial charge on any atom is 0.387 e. The summed E-state index contributed by atoms with van der Waals surface area (Å²) in [5.41, 5.74) is 1.84. The van der Waals surface area contributed by atoms with Crippen LogP contribution in [-0.2, 0) is 11.3 Å². The Hall–Kier alpha value is -2.05. The third-order valence-electron chi connectivity index (χ3n) is 3.72. The number of nitrogens with zero attached hydrogens (tertiary/aromatic N) is 2. The summed E-state index contributed by atoms with van der Waals surface area (Å²) in [6.45, 7) is 0.0264. The molecule has 122 valence electrons. The van der Waals surface area contributed by atoms with Crippen molar-refractivity contribution in [3.8, 4) is 5.75 Å². The van der Waals surface area contributed by atoms with E-state index in [-0.39, 0.29) is 11.9 Å². The van der Waals surface area contributed by atoms with Gasteiger partial charge in [0.2, 0.25) is 0 Å². The average molecular weight is 320 g/mol. The van der Waals surface area contributed by atoms with E-state index < -0.39 is 6.61 Å². The first-order valence-electron chi connectivity index (χ1n) is 7.49. The van der Waals surface area contributed by atoms with Gasteiger partial charge >= 0.3 is 6.61 Å². The van der Waals surface area contributed by atoms with Crippen molar-refractivity contribution in [2.45, 2.75) is 19.3 Å². The number of halogens is 2. The van der Waals surface area contributed by atoms with Crippen molar-refractivity contribution in [3.63, 3.8) is 0 Å². The average Bonchev–Trinajstić information content (AvgIpc) is 2.56. The molecule has 1 aromatic heterocycles. The summed E-state index contributed by atoms with van der Waals surface area (Å²) in [4.78, 5) is 6.58. The summed E-state index contributed by atoms with van der Waals surface area (Å²) in [6.07, 6.45) is 1.62. The zero-order chi connectivity index (χ0) is 16.1. The first-order valence-corrected chi connectivity index (χ1v) is 7.49. The van der Waals surface area contributed by atoms with E-state index in [0.717, 1.165) is 24.3 Å². The molecule has 6 heteroatoms. The molecule has 0 spiro atoms. The summed E-state index contributed by atoms with van der Waals surface area (Å²) in [5.74, 6) is 0.156. The van der Waals surface area contributed by atoms with E-state index >= 15 is 0 Å². The topological polar surface area (TPSA) is 34.6 Å². The molecule has 0 N–H and O–H groups in total. The predicted molar refractivity (Wildman–Crippen MR) is 81.3 cm³/mol. The predicted octanol–water partition coefficient (Wildman–Crippen LogP) is 3.26. The lowest BCUT2D eigenvalue weighted by molar-refractivity contribution is -0.0509. The number of ether oxygens (including phenoxy) is 2. The van der Waals surface area contributed by atoms with Crippen LogP contribution in [-0.4, -0.2) is 36.2 Å². The number of morpholine rings is 1. The summed E-state index contributed by atoms with van der Waals surface area (Å²) in [7, 11) is 0. The molecule has 1 atom stereocenters. The molecule has 1 fully saturated rings. The summed E-state index contributed by atoms with van der Waals surface area (Å²) < 4.78 is 34.9. The standard InChI is InChI=1S/C17H18F2N2O2/c18-17(19)23-15-6-3-4-13(10-15)16-12-21(8-9-22-16)11-14-5-1-2-7-20-14/h1-7,10,16-17H,8-9,11-12H2/t16-/m1/s1. The van der Waals surface area contributed by atoms with Gasteiger partial charge in [-0.3, -0.25) is 9.88 Å².